The second-order valence-electron chi connectivity index (χ2n) is 8.58. The van der Waals surface area contributed by atoms with Crippen molar-refractivity contribution in [1.29, 1.82) is 0 Å². The zero-order valence-corrected chi connectivity index (χ0v) is 17.4. The summed E-state index contributed by atoms with van der Waals surface area (Å²) in [6.45, 7) is 3.76. The first kappa shape index (κ1) is 19.9. The van der Waals surface area contributed by atoms with E-state index >= 15 is 0 Å². The van der Waals surface area contributed by atoms with Gasteiger partial charge in [-0.05, 0) is 51.0 Å². The van der Waals surface area contributed by atoms with Gasteiger partial charge in [0.2, 0.25) is 5.91 Å². The Morgan fingerprint density at radius 1 is 1.14 bits per heavy atom. The van der Waals surface area contributed by atoms with Gasteiger partial charge in [-0.3, -0.25) is 9.89 Å². The lowest BCUT2D eigenvalue weighted by Crippen LogP contribution is -2.37. The summed E-state index contributed by atoms with van der Waals surface area (Å²) in [6, 6.07) is 3.82. The Morgan fingerprint density at radius 3 is 2.79 bits per heavy atom. The molecule has 3 heterocycles. The van der Waals surface area contributed by atoms with E-state index in [2.05, 4.69) is 30.4 Å². The maximum atomic E-state index is 12.9. The molecular weight excluding hydrogens is 364 g/mol. The van der Waals surface area contributed by atoms with Crippen LogP contribution in [0.3, 0.4) is 0 Å². The van der Waals surface area contributed by atoms with Crippen LogP contribution < -0.4 is 5.32 Å². The monoisotopic (exact) mass is 396 g/mol. The molecular formula is C22H32N6O. The lowest BCUT2D eigenvalue weighted by Gasteiger charge is -2.28. The molecule has 1 aliphatic carbocycles. The van der Waals surface area contributed by atoms with Gasteiger partial charge in [-0.15, -0.1) is 0 Å². The van der Waals surface area contributed by atoms with Crippen molar-refractivity contribution in [2.45, 2.75) is 64.7 Å². The molecule has 2 aliphatic rings. The number of hydrogen-bond donors (Lipinski definition) is 2. The highest BCUT2D eigenvalue weighted by molar-refractivity contribution is 5.78. The lowest BCUT2D eigenvalue weighted by atomic mass is 9.88. The predicted molar refractivity (Wildman–Crippen MR) is 113 cm³/mol. The minimum Gasteiger partial charge on any atom is -0.342 e. The topological polar surface area (TPSA) is 86.8 Å². The van der Waals surface area contributed by atoms with Gasteiger partial charge in [0, 0.05) is 43.4 Å². The largest absolute Gasteiger partial charge is 0.342 e. The highest BCUT2D eigenvalue weighted by Crippen LogP contribution is 2.28. The van der Waals surface area contributed by atoms with E-state index in [-0.39, 0.29) is 5.92 Å². The van der Waals surface area contributed by atoms with Gasteiger partial charge >= 0.3 is 0 Å². The van der Waals surface area contributed by atoms with Gasteiger partial charge in [0.25, 0.3) is 0 Å². The highest BCUT2D eigenvalue weighted by Gasteiger charge is 2.28. The van der Waals surface area contributed by atoms with Crippen LogP contribution in [0.5, 0.6) is 0 Å². The molecule has 2 fully saturated rings. The van der Waals surface area contributed by atoms with Crippen molar-refractivity contribution in [2.75, 3.05) is 18.4 Å². The number of hydrogen-bond acceptors (Lipinski definition) is 5. The number of anilines is 2. The van der Waals surface area contributed by atoms with Crippen LogP contribution in [0.25, 0.3) is 0 Å². The van der Waals surface area contributed by atoms with Crippen LogP contribution in [0.4, 0.5) is 11.6 Å². The summed E-state index contributed by atoms with van der Waals surface area (Å²) in [5.74, 6) is 3.60. The summed E-state index contributed by atoms with van der Waals surface area (Å²) in [7, 11) is 0. The highest BCUT2D eigenvalue weighted by atomic mass is 16.2. The maximum absolute atomic E-state index is 12.9. The summed E-state index contributed by atoms with van der Waals surface area (Å²) in [4.78, 5) is 24.2. The fourth-order valence-electron chi connectivity index (χ4n) is 4.64. The molecule has 0 unspecified atom stereocenters. The minimum atomic E-state index is 0.275. The molecule has 1 atom stereocenters. The Hall–Kier alpha value is -2.44. The number of likely N-dealkylation sites (tertiary alicyclic amines) is 1. The van der Waals surface area contributed by atoms with E-state index in [1.807, 2.05) is 19.1 Å². The standard InChI is InChI=1S/C22H32N6O/c1-16-14-21(27-26-16)25-19-9-11-23-20(24-19)15-17-6-5-12-28(13-10-17)22(29)18-7-3-2-4-8-18/h9,11,14,17-18H,2-8,10,12-13,15H2,1H3,(H2,23,24,25,26,27)/t17-/m0/s1. The third-order valence-electron chi connectivity index (χ3n) is 6.25. The molecule has 1 saturated carbocycles. The van der Waals surface area contributed by atoms with Gasteiger partial charge in [0.1, 0.15) is 11.6 Å². The molecule has 2 N–H and O–H groups in total. The molecule has 7 nitrogen and oxygen atoms in total. The molecule has 4 rings (SSSR count). The van der Waals surface area contributed by atoms with Gasteiger partial charge in [0.15, 0.2) is 5.82 Å². The van der Waals surface area contributed by atoms with Crippen molar-refractivity contribution in [3.63, 3.8) is 0 Å². The van der Waals surface area contributed by atoms with Crippen LogP contribution in [0.15, 0.2) is 18.3 Å². The molecule has 2 aromatic rings. The molecule has 156 valence electrons. The Bertz CT molecular complexity index is 813. The Morgan fingerprint density at radius 2 is 2.00 bits per heavy atom. The van der Waals surface area contributed by atoms with E-state index in [0.717, 1.165) is 74.8 Å². The molecule has 1 saturated heterocycles. The van der Waals surface area contributed by atoms with Crippen molar-refractivity contribution >= 4 is 17.5 Å². The molecule has 2 aromatic heterocycles. The van der Waals surface area contributed by atoms with Crippen molar-refractivity contribution in [3.8, 4) is 0 Å². The van der Waals surface area contributed by atoms with Crippen LogP contribution in [-0.4, -0.2) is 44.1 Å². The average molecular weight is 397 g/mol. The third-order valence-corrected chi connectivity index (χ3v) is 6.25. The number of amides is 1. The second kappa shape index (κ2) is 9.37. The maximum Gasteiger partial charge on any atom is 0.225 e. The normalized spacial score (nSPS) is 21.0. The number of carbonyl (C=O) groups excluding carboxylic acids is 1. The SMILES string of the molecule is Cc1cc(Nc2ccnc(C[C@H]3CCCN(C(=O)C4CCCCC4)CC3)n2)n[nH]1. The zero-order chi connectivity index (χ0) is 20.1. The van der Waals surface area contributed by atoms with Gasteiger partial charge < -0.3 is 10.2 Å². The molecule has 7 heteroatoms. The number of aromatic nitrogens is 4. The molecule has 0 radical (unpaired) electrons. The van der Waals surface area contributed by atoms with E-state index < -0.39 is 0 Å². The Labute approximate surface area is 172 Å². The fraction of sp³-hybridized carbons (Fsp3) is 0.636. The number of H-pyrrole nitrogens is 1. The van der Waals surface area contributed by atoms with Crippen molar-refractivity contribution in [1.82, 2.24) is 25.1 Å². The van der Waals surface area contributed by atoms with Crippen LogP contribution in [0, 0.1) is 18.8 Å². The molecule has 1 amide bonds. The number of nitrogens with zero attached hydrogens (tertiary/aromatic N) is 4. The second-order valence-corrected chi connectivity index (χ2v) is 8.58. The molecule has 0 spiro atoms. The minimum absolute atomic E-state index is 0.275. The summed E-state index contributed by atoms with van der Waals surface area (Å²) < 4.78 is 0. The first-order chi connectivity index (χ1) is 14.2. The zero-order valence-electron chi connectivity index (χ0n) is 17.4. The molecule has 29 heavy (non-hydrogen) atoms. The van der Waals surface area contributed by atoms with Gasteiger partial charge in [-0.25, -0.2) is 9.97 Å². The number of rotatable bonds is 5. The van der Waals surface area contributed by atoms with Gasteiger partial charge in [0.05, 0.1) is 0 Å². The van der Waals surface area contributed by atoms with Crippen LogP contribution in [-0.2, 0) is 11.2 Å². The Kier molecular flexibility index (Phi) is 6.42. The van der Waals surface area contributed by atoms with Crippen LogP contribution >= 0.6 is 0 Å². The van der Waals surface area contributed by atoms with Gasteiger partial charge in [-0.1, -0.05) is 19.3 Å². The Balaban J connectivity index is 1.32. The fourth-order valence-corrected chi connectivity index (χ4v) is 4.64. The van der Waals surface area contributed by atoms with E-state index in [9.17, 15) is 4.79 Å². The summed E-state index contributed by atoms with van der Waals surface area (Å²) in [5, 5.41) is 10.3. The first-order valence-corrected chi connectivity index (χ1v) is 11.1. The molecule has 0 bridgehead atoms. The van der Waals surface area contributed by atoms with E-state index in [0.29, 0.717) is 11.8 Å². The van der Waals surface area contributed by atoms with Crippen molar-refractivity contribution < 1.29 is 4.79 Å². The van der Waals surface area contributed by atoms with Crippen LogP contribution in [0.1, 0.15) is 62.9 Å². The summed E-state index contributed by atoms with van der Waals surface area (Å²) >= 11 is 0. The molecule has 0 aromatic carbocycles. The first-order valence-electron chi connectivity index (χ1n) is 11.1. The summed E-state index contributed by atoms with van der Waals surface area (Å²) in [5.41, 5.74) is 1.01. The van der Waals surface area contributed by atoms with E-state index in [1.165, 1.54) is 19.3 Å². The van der Waals surface area contributed by atoms with E-state index in [4.69, 9.17) is 0 Å². The smallest absolute Gasteiger partial charge is 0.225 e. The average Bonchev–Trinajstić information content (AvgIpc) is 3.00. The van der Waals surface area contributed by atoms with Gasteiger partial charge in [-0.2, -0.15) is 5.10 Å². The number of carbonyl (C=O) groups is 1. The molecule has 1 aliphatic heterocycles. The lowest BCUT2D eigenvalue weighted by molar-refractivity contribution is -0.136. The van der Waals surface area contributed by atoms with Crippen molar-refractivity contribution in [3.05, 3.63) is 29.8 Å². The third kappa shape index (κ3) is 5.34. The van der Waals surface area contributed by atoms with Crippen molar-refractivity contribution in [2.24, 2.45) is 11.8 Å². The van der Waals surface area contributed by atoms with Crippen LogP contribution in [0.2, 0.25) is 0 Å². The number of aromatic amines is 1. The summed E-state index contributed by atoms with van der Waals surface area (Å²) in [6.07, 6.45) is 11.8. The quantitative estimate of drug-likeness (QED) is 0.798. The number of aryl methyl sites for hydroxylation is 1. The van der Waals surface area contributed by atoms with E-state index in [1.54, 1.807) is 6.20 Å². The number of nitrogens with one attached hydrogen (secondary N) is 2. The predicted octanol–water partition coefficient (Wildman–Crippen LogP) is 4.00.